The second-order valence-electron chi connectivity index (χ2n) is 13.9. The molecule has 0 spiro atoms. The molecule has 0 aliphatic rings. The highest BCUT2D eigenvalue weighted by atomic mass is 31.2. The van der Waals surface area contributed by atoms with Gasteiger partial charge in [0.2, 0.25) is 5.91 Å². The van der Waals surface area contributed by atoms with E-state index in [1.807, 2.05) is 27.2 Å². The predicted molar refractivity (Wildman–Crippen MR) is 203 cm³/mol. The van der Waals surface area contributed by atoms with E-state index in [-0.39, 0.29) is 19.1 Å². The minimum absolute atomic E-state index is 0.0505. The van der Waals surface area contributed by atoms with Gasteiger partial charge in [-0.15, -0.1) is 0 Å². The number of quaternary nitrogens is 1. The lowest BCUT2D eigenvalue weighted by Crippen LogP contribution is -2.45. The van der Waals surface area contributed by atoms with Crippen LogP contribution in [0.15, 0.2) is 48.6 Å². The lowest BCUT2D eigenvalue weighted by molar-refractivity contribution is -0.870. The predicted octanol–water partition coefficient (Wildman–Crippen LogP) is 9.74. The number of aliphatic hydroxyl groups is 1. The maximum absolute atomic E-state index is 12.8. The molecule has 0 heterocycles. The van der Waals surface area contributed by atoms with Gasteiger partial charge in [0.25, 0.3) is 0 Å². The van der Waals surface area contributed by atoms with Crippen LogP contribution >= 0.6 is 7.82 Å². The first-order chi connectivity index (χ1) is 23.0. The molecule has 0 aromatic rings. The molecule has 0 aliphatic heterocycles. The van der Waals surface area contributed by atoms with Crippen molar-refractivity contribution >= 4 is 13.7 Å². The first-order valence-corrected chi connectivity index (χ1v) is 20.5. The minimum Gasteiger partial charge on any atom is -0.387 e. The first-order valence-electron chi connectivity index (χ1n) is 19.0. The number of carbonyl (C=O) groups is 1. The van der Waals surface area contributed by atoms with Crippen LogP contribution in [0.3, 0.4) is 0 Å². The Morgan fingerprint density at radius 3 is 1.71 bits per heavy atom. The highest BCUT2D eigenvalue weighted by molar-refractivity contribution is 7.47. The third-order valence-electron chi connectivity index (χ3n) is 8.00. The number of amides is 1. The molecule has 8 nitrogen and oxygen atoms in total. The van der Waals surface area contributed by atoms with Crippen LogP contribution in [0.25, 0.3) is 0 Å². The summed E-state index contributed by atoms with van der Waals surface area (Å²) in [5.74, 6) is -0.205. The second kappa shape index (κ2) is 31.4. The van der Waals surface area contributed by atoms with E-state index in [1.165, 1.54) is 57.8 Å². The van der Waals surface area contributed by atoms with Crippen LogP contribution in [0.5, 0.6) is 0 Å². The van der Waals surface area contributed by atoms with E-state index in [4.69, 9.17) is 9.05 Å². The summed E-state index contributed by atoms with van der Waals surface area (Å²) in [6.07, 6.45) is 37.4. The average Bonchev–Trinajstić information content (AvgIpc) is 3.02. The Kier molecular flexibility index (Phi) is 30.4. The van der Waals surface area contributed by atoms with Crippen molar-refractivity contribution in [1.82, 2.24) is 5.32 Å². The number of aliphatic hydroxyl groups excluding tert-OH is 1. The van der Waals surface area contributed by atoms with E-state index in [0.29, 0.717) is 17.4 Å². The average molecular weight is 698 g/mol. The fourth-order valence-electron chi connectivity index (χ4n) is 4.89. The fourth-order valence-corrected chi connectivity index (χ4v) is 5.62. The topological polar surface area (TPSA) is 105 Å². The van der Waals surface area contributed by atoms with Crippen molar-refractivity contribution in [2.24, 2.45) is 0 Å². The third-order valence-corrected chi connectivity index (χ3v) is 8.98. The summed E-state index contributed by atoms with van der Waals surface area (Å²) in [7, 11) is 1.53. The summed E-state index contributed by atoms with van der Waals surface area (Å²) in [5.41, 5.74) is 0. The van der Waals surface area contributed by atoms with Crippen LogP contribution in [-0.2, 0) is 18.4 Å². The Labute approximate surface area is 295 Å². The van der Waals surface area contributed by atoms with Crippen LogP contribution in [0, 0.1) is 0 Å². The number of likely N-dealkylation sites (N-methyl/N-ethyl adjacent to an activating group) is 1. The van der Waals surface area contributed by atoms with Gasteiger partial charge in [0.15, 0.2) is 0 Å². The minimum atomic E-state index is -4.34. The standard InChI is InChI=1S/C39H73N2O6P/c1-6-8-10-12-14-16-18-20-22-24-26-28-30-32-38(42)37(36-47-48(44,45)46-35-34-41(3,4)5)40-39(43)33-31-29-27-25-23-21-19-17-15-13-11-9-7-2/h14,16-17,19,22,24,30,32,37-38,42H,6-13,15,18,20-21,23,25-29,31,33-36H2,1-5H3,(H-,40,43,44,45)/p+1/b16-14+,19-17-,24-22+,32-30+. The number of allylic oxidation sites excluding steroid dienone is 7. The van der Waals surface area contributed by atoms with Crippen molar-refractivity contribution in [3.63, 3.8) is 0 Å². The Balaban J connectivity index is 4.65. The summed E-state index contributed by atoms with van der Waals surface area (Å²) in [6.45, 7) is 4.69. The van der Waals surface area contributed by atoms with E-state index in [9.17, 15) is 19.4 Å². The second-order valence-corrected chi connectivity index (χ2v) is 15.4. The molecule has 0 aromatic heterocycles. The Hall–Kier alpha value is -1.54. The molecule has 280 valence electrons. The van der Waals surface area contributed by atoms with Crippen molar-refractivity contribution in [2.45, 2.75) is 154 Å². The van der Waals surface area contributed by atoms with Gasteiger partial charge in [-0.3, -0.25) is 13.8 Å². The Morgan fingerprint density at radius 1 is 0.688 bits per heavy atom. The van der Waals surface area contributed by atoms with Gasteiger partial charge in [-0.05, 0) is 70.6 Å². The molecule has 9 heteroatoms. The normalized spacial score (nSPS) is 15.2. The van der Waals surface area contributed by atoms with E-state index >= 15 is 0 Å². The lowest BCUT2D eigenvalue weighted by Gasteiger charge is -2.25. The van der Waals surface area contributed by atoms with Crippen molar-refractivity contribution in [1.29, 1.82) is 0 Å². The van der Waals surface area contributed by atoms with Crippen LogP contribution in [0.1, 0.15) is 142 Å². The number of unbranched alkanes of at least 4 members (excludes halogenated alkanes) is 14. The van der Waals surface area contributed by atoms with Gasteiger partial charge in [0.1, 0.15) is 13.2 Å². The molecule has 0 radical (unpaired) electrons. The van der Waals surface area contributed by atoms with Crippen LogP contribution in [0.2, 0.25) is 0 Å². The van der Waals surface area contributed by atoms with E-state index in [0.717, 1.165) is 64.2 Å². The number of hydrogen-bond donors (Lipinski definition) is 3. The monoisotopic (exact) mass is 698 g/mol. The molecule has 3 atom stereocenters. The fraction of sp³-hybridized carbons (Fsp3) is 0.769. The molecule has 0 saturated carbocycles. The first kappa shape index (κ1) is 46.5. The number of nitrogens with zero attached hydrogens (tertiary/aromatic N) is 1. The van der Waals surface area contributed by atoms with Crippen molar-refractivity contribution in [2.75, 3.05) is 40.9 Å². The number of nitrogens with one attached hydrogen (secondary N) is 1. The molecule has 48 heavy (non-hydrogen) atoms. The summed E-state index contributed by atoms with van der Waals surface area (Å²) in [6, 6.07) is -0.871. The van der Waals surface area contributed by atoms with Crippen molar-refractivity contribution < 1.29 is 32.9 Å². The highest BCUT2D eigenvalue weighted by Gasteiger charge is 2.27. The van der Waals surface area contributed by atoms with Gasteiger partial charge in [0, 0.05) is 6.42 Å². The van der Waals surface area contributed by atoms with E-state index in [2.05, 4.69) is 55.6 Å². The van der Waals surface area contributed by atoms with Crippen LogP contribution < -0.4 is 5.32 Å². The SMILES string of the molecule is CCCCC/C=C/CC/C=C/CC/C=C/C(O)C(COP(=O)(O)OCC[N+](C)(C)C)NC(=O)CCCCCCC/C=C\CCCCCC. The quantitative estimate of drug-likeness (QED) is 0.0273. The zero-order valence-corrected chi connectivity index (χ0v) is 32.4. The van der Waals surface area contributed by atoms with Gasteiger partial charge >= 0.3 is 7.82 Å². The molecule has 0 rings (SSSR count). The molecule has 0 fully saturated rings. The number of hydrogen-bond acceptors (Lipinski definition) is 5. The van der Waals surface area contributed by atoms with Gasteiger partial charge in [-0.25, -0.2) is 4.57 Å². The molecule has 3 N–H and O–H groups in total. The van der Waals surface area contributed by atoms with Crippen LogP contribution in [0.4, 0.5) is 0 Å². The number of phosphoric ester groups is 1. The number of phosphoric acid groups is 1. The molecule has 0 aromatic carbocycles. The molecular formula is C39H74N2O6P+. The maximum Gasteiger partial charge on any atom is 0.472 e. The zero-order valence-electron chi connectivity index (χ0n) is 31.5. The van der Waals surface area contributed by atoms with Gasteiger partial charge in [-0.2, -0.15) is 0 Å². The lowest BCUT2D eigenvalue weighted by atomic mass is 10.1. The number of carbonyl (C=O) groups excluding carboxylic acids is 1. The summed E-state index contributed by atoms with van der Waals surface area (Å²) in [4.78, 5) is 23.0. The molecule has 0 bridgehead atoms. The Morgan fingerprint density at radius 2 is 1.15 bits per heavy atom. The van der Waals surface area contributed by atoms with Crippen molar-refractivity contribution in [3.05, 3.63) is 48.6 Å². The van der Waals surface area contributed by atoms with E-state index in [1.54, 1.807) is 6.08 Å². The van der Waals surface area contributed by atoms with Crippen LogP contribution in [-0.4, -0.2) is 73.4 Å². The highest BCUT2D eigenvalue weighted by Crippen LogP contribution is 2.43. The summed E-state index contributed by atoms with van der Waals surface area (Å²) < 4.78 is 23.4. The number of rotatable bonds is 33. The van der Waals surface area contributed by atoms with E-state index < -0.39 is 20.0 Å². The van der Waals surface area contributed by atoms with Gasteiger partial charge in [-0.1, -0.05) is 114 Å². The molecule has 3 unspecified atom stereocenters. The van der Waals surface area contributed by atoms with Gasteiger partial charge < -0.3 is 19.8 Å². The smallest absolute Gasteiger partial charge is 0.387 e. The Bertz CT molecular complexity index is 928. The largest absolute Gasteiger partial charge is 0.472 e. The molecule has 0 saturated heterocycles. The summed E-state index contributed by atoms with van der Waals surface area (Å²) in [5, 5.41) is 13.7. The molecule has 1 amide bonds. The maximum atomic E-state index is 12.8. The molecular weight excluding hydrogens is 623 g/mol. The summed E-state index contributed by atoms with van der Waals surface area (Å²) >= 11 is 0. The van der Waals surface area contributed by atoms with Crippen molar-refractivity contribution in [3.8, 4) is 0 Å². The van der Waals surface area contributed by atoms with Gasteiger partial charge in [0.05, 0.1) is 39.9 Å². The third kappa shape index (κ3) is 33.0. The zero-order chi connectivity index (χ0) is 35.8. The molecule has 0 aliphatic carbocycles.